The molecule has 0 fully saturated rings. The number of carbonyl (C=O) groups is 2. The van der Waals surface area contributed by atoms with Crippen LogP contribution < -0.4 is 10.0 Å². The lowest BCUT2D eigenvalue weighted by Crippen LogP contribution is -2.42. The number of hydrogen-bond acceptors (Lipinski definition) is 7. The van der Waals surface area contributed by atoms with Crippen molar-refractivity contribution in [1.29, 1.82) is 0 Å². The van der Waals surface area contributed by atoms with Crippen LogP contribution in [-0.4, -0.2) is 40.8 Å². The number of fused-ring (bicyclic) bond motifs is 1. The number of sulfonamides is 1. The number of pyridine rings is 1. The van der Waals surface area contributed by atoms with Crippen LogP contribution in [0.4, 0.5) is 5.69 Å². The second-order valence-electron chi connectivity index (χ2n) is 7.47. The molecule has 2 aromatic heterocycles. The summed E-state index contributed by atoms with van der Waals surface area (Å²) in [7, 11) is -4.26. The van der Waals surface area contributed by atoms with E-state index in [0.717, 1.165) is 11.5 Å². The van der Waals surface area contributed by atoms with Gasteiger partial charge in [0.25, 0.3) is 15.9 Å². The molecule has 4 rings (SSSR count). The molecule has 0 unspecified atom stereocenters. The second-order valence-corrected chi connectivity index (χ2v) is 11.1. The van der Waals surface area contributed by atoms with Gasteiger partial charge in [-0.25, -0.2) is 9.78 Å². The Bertz CT molecular complexity index is 1590. The lowest BCUT2D eigenvalue weighted by Gasteiger charge is -2.17. The van der Waals surface area contributed by atoms with Crippen molar-refractivity contribution >= 4 is 84.0 Å². The molecule has 0 aliphatic carbocycles. The maximum absolute atomic E-state index is 13.1. The van der Waals surface area contributed by atoms with Crippen molar-refractivity contribution < 1.29 is 23.1 Å². The standard InChI is InChI=1S/C22H15Cl3N4O5S2/c23-12-2-3-13(20(30)28-18(22(31)32)8-11-1-4-15(24)16(25)7-11)17(9-12)29-36(33,34)21-14-10-27-35-19(14)5-6-26-21/h1-7,9-10,18,29H,8H2,(H,28,30)(H,31,32)/t18-/m0/s1. The summed E-state index contributed by atoms with van der Waals surface area (Å²) in [5, 5.41) is 12.8. The van der Waals surface area contributed by atoms with E-state index < -0.39 is 27.9 Å². The summed E-state index contributed by atoms with van der Waals surface area (Å²) in [6.07, 6.45) is 2.62. The predicted molar refractivity (Wildman–Crippen MR) is 139 cm³/mol. The summed E-state index contributed by atoms with van der Waals surface area (Å²) in [5.41, 5.74) is 0.234. The van der Waals surface area contributed by atoms with E-state index in [0.29, 0.717) is 20.7 Å². The van der Waals surface area contributed by atoms with E-state index in [4.69, 9.17) is 34.8 Å². The maximum Gasteiger partial charge on any atom is 0.326 e. The summed E-state index contributed by atoms with van der Waals surface area (Å²) in [6.45, 7) is 0. The fraction of sp³-hybridized carbons (Fsp3) is 0.0909. The van der Waals surface area contributed by atoms with Gasteiger partial charge in [-0.15, -0.1) is 0 Å². The Morgan fingerprint density at radius 3 is 2.56 bits per heavy atom. The highest BCUT2D eigenvalue weighted by atomic mass is 35.5. The molecular formula is C22H15Cl3N4O5S2. The third kappa shape index (κ3) is 5.71. The first-order chi connectivity index (χ1) is 17.0. The van der Waals surface area contributed by atoms with Crippen molar-refractivity contribution in [3.05, 3.63) is 81.1 Å². The fourth-order valence-corrected chi connectivity index (χ4v) is 5.72. The van der Waals surface area contributed by atoms with Gasteiger partial charge in [0, 0.05) is 17.6 Å². The number of nitrogens with zero attached hydrogens (tertiary/aromatic N) is 2. The number of aliphatic carboxylic acids is 1. The van der Waals surface area contributed by atoms with Gasteiger partial charge in [-0.3, -0.25) is 9.52 Å². The SMILES string of the molecule is O=C(N[C@@H](Cc1ccc(Cl)c(Cl)c1)C(=O)O)c1ccc(Cl)cc1NS(=O)(=O)c1nccc2sncc12. The lowest BCUT2D eigenvalue weighted by molar-refractivity contribution is -0.139. The van der Waals surface area contributed by atoms with E-state index in [-0.39, 0.29) is 32.7 Å². The smallest absolute Gasteiger partial charge is 0.326 e. The zero-order valence-electron chi connectivity index (χ0n) is 17.9. The number of carbonyl (C=O) groups excluding carboxylic acids is 1. The Morgan fingerprint density at radius 2 is 1.83 bits per heavy atom. The first-order valence-electron chi connectivity index (χ1n) is 10.0. The Morgan fingerprint density at radius 1 is 1.06 bits per heavy atom. The number of halogens is 3. The van der Waals surface area contributed by atoms with Gasteiger partial charge in [0.15, 0.2) is 5.03 Å². The maximum atomic E-state index is 13.1. The van der Waals surface area contributed by atoms with Gasteiger partial charge in [0.05, 0.1) is 37.6 Å². The van der Waals surface area contributed by atoms with E-state index in [9.17, 15) is 23.1 Å². The van der Waals surface area contributed by atoms with Gasteiger partial charge in [0.1, 0.15) is 6.04 Å². The van der Waals surface area contributed by atoms with Gasteiger partial charge < -0.3 is 10.4 Å². The molecule has 0 bridgehead atoms. The largest absolute Gasteiger partial charge is 0.480 e. The molecule has 0 saturated carbocycles. The Kier molecular flexibility index (Phi) is 7.67. The summed E-state index contributed by atoms with van der Waals surface area (Å²) in [5.74, 6) is -2.13. The number of carboxylic acids is 1. The number of rotatable bonds is 8. The minimum absolute atomic E-state index is 0.0936. The van der Waals surface area contributed by atoms with Crippen LogP contribution in [0.15, 0.2) is 59.9 Å². The highest BCUT2D eigenvalue weighted by molar-refractivity contribution is 7.92. The number of amides is 1. The van der Waals surface area contributed by atoms with E-state index >= 15 is 0 Å². The van der Waals surface area contributed by atoms with Crippen LogP contribution in [0.1, 0.15) is 15.9 Å². The van der Waals surface area contributed by atoms with E-state index in [1.165, 1.54) is 42.7 Å². The summed E-state index contributed by atoms with van der Waals surface area (Å²) >= 11 is 19.1. The molecule has 9 nitrogen and oxygen atoms in total. The second kappa shape index (κ2) is 10.6. The predicted octanol–water partition coefficient (Wildman–Crippen LogP) is 4.88. The molecule has 0 saturated heterocycles. The normalized spacial score (nSPS) is 12.3. The van der Waals surface area contributed by atoms with Gasteiger partial charge in [-0.05, 0) is 53.5 Å². The van der Waals surface area contributed by atoms with Crippen molar-refractivity contribution in [1.82, 2.24) is 14.7 Å². The van der Waals surface area contributed by atoms with E-state index in [1.807, 2.05) is 0 Å². The number of benzene rings is 2. The van der Waals surface area contributed by atoms with Crippen LogP contribution in [0.2, 0.25) is 15.1 Å². The Hall–Kier alpha value is -2.96. The number of nitrogens with one attached hydrogen (secondary N) is 2. The average molecular weight is 586 g/mol. The molecule has 0 spiro atoms. The zero-order chi connectivity index (χ0) is 26.0. The molecule has 1 atom stereocenters. The third-order valence-corrected chi connectivity index (χ3v) is 8.06. The molecule has 36 heavy (non-hydrogen) atoms. The minimum atomic E-state index is -4.26. The first-order valence-corrected chi connectivity index (χ1v) is 13.4. The molecule has 1 amide bonds. The zero-order valence-corrected chi connectivity index (χ0v) is 21.8. The van der Waals surface area contributed by atoms with Crippen molar-refractivity contribution in [3.8, 4) is 0 Å². The van der Waals surface area contributed by atoms with Crippen LogP contribution in [0.5, 0.6) is 0 Å². The molecule has 4 aromatic rings. The molecule has 186 valence electrons. The highest BCUT2D eigenvalue weighted by Crippen LogP contribution is 2.28. The number of hydrogen-bond donors (Lipinski definition) is 3. The van der Waals surface area contributed by atoms with E-state index in [1.54, 1.807) is 12.1 Å². The summed E-state index contributed by atoms with van der Waals surface area (Å²) < 4.78 is 33.2. The molecule has 2 heterocycles. The fourth-order valence-electron chi connectivity index (χ4n) is 3.32. The molecule has 3 N–H and O–H groups in total. The van der Waals surface area contributed by atoms with Gasteiger partial charge in [-0.1, -0.05) is 40.9 Å². The summed E-state index contributed by atoms with van der Waals surface area (Å²) in [4.78, 5) is 28.9. The number of anilines is 1. The monoisotopic (exact) mass is 584 g/mol. The molecule has 2 aromatic carbocycles. The third-order valence-electron chi connectivity index (χ3n) is 5.00. The average Bonchev–Trinajstić information content (AvgIpc) is 3.29. The minimum Gasteiger partial charge on any atom is -0.480 e. The molecule has 0 radical (unpaired) electrons. The first kappa shape index (κ1) is 26.1. The highest BCUT2D eigenvalue weighted by Gasteiger charge is 2.26. The molecule has 0 aliphatic heterocycles. The van der Waals surface area contributed by atoms with Crippen molar-refractivity contribution in [2.75, 3.05) is 4.72 Å². The Labute approximate surface area is 224 Å². The van der Waals surface area contributed by atoms with Crippen molar-refractivity contribution in [2.24, 2.45) is 0 Å². The van der Waals surface area contributed by atoms with Crippen LogP contribution in [0.3, 0.4) is 0 Å². The van der Waals surface area contributed by atoms with Gasteiger partial charge in [0.2, 0.25) is 0 Å². The topological polar surface area (TPSA) is 138 Å². The van der Waals surface area contributed by atoms with Crippen LogP contribution in [-0.2, 0) is 21.2 Å². The van der Waals surface area contributed by atoms with Crippen LogP contribution in [0, 0.1) is 0 Å². The number of aromatic nitrogens is 2. The Balaban J connectivity index is 1.62. The summed E-state index contributed by atoms with van der Waals surface area (Å²) in [6, 6.07) is 8.80. The van der Waals surface area contributed by atoms with E-state index in [2.05, 4.69) is 19.4 Å². The van der Waals surface area contributed by atoms with Crippen LogP contribution in [0.25, 0.3) is 10.1 Å². The van der Waals surface area contributed by atoms with Crippen LogP contribution >= 0.6 is 46.3 Å². The molecule has 0 aliphatic rings. The lowest BCUT2D eigenvalue weighted by atomic mass is 10.1. The number of carboxylic acid groups (broad SMARTS) is 1. The quantitative estimate of drug-likeness (QED) is 0.268. The van der Waals surface area contributed by atoms with Crippen molar-refractivity contribution in [3.63, 3.8) is 0 Å². The van der Waals surface area contributed by atoms with Gasteiger partial charge >= 0.3 is 5.97 Å². The molecular weight excluding hydrogens is 571 g/mol. The van der Waals surface area contributed by atoms with Gasteiger partial charge in [-0.2, -0.15) is 12.8 Å². The molecule has 14 heteroatoms. The van der Waals surface area contributed by atoms with Crippen molar-refractivity contribution in [2.45, 2.75) is 17.5 Å².